The van der Waals surface area contributed by atoms with Crippen LogP contribution in [0.1, 0.15) is 24.9 Å². The Bertz CT molecular complexity index is 397. The summed E-state index contributed by atoms with van der Waals surface area (Å²) in [4.78, 5) is 2.52. The number of hydrogen-bond acceptors (Lipinski definition) is 3. The van der Waals surface area contributed by atoms with Crippen molar-refractivity contribution in [3.8, 4) is 5.75 Å². The Morgan fingerprint density at radius 1 is 1.29 bits per heavy atom. The van der Waals surface area contributed by atoms with Crippen LogP contribution in [0.3, 0.4) is 0 Å². The lowest BCUT2D eigenvalue weighted by Gasteiger charge is -2.33. The fourth-order valence-electron chi connectivity index (χ4n) is 2.99. The van der Waals surface area contributed by atoms with E-state index in [0.29, 0.717) is 18.0 Å². The van der Waals surface area contributed by atoms with Crippen LogP contribution in [0.2, 0.25) is 0 Å². The summed E-state index contributed by atoms with van der Waals surface area (Å²) in [6, 6.07) is 9.22. The van der Waals surface area contributed by atoms with Gasteiger partial charge in [0.2, 0.25) is 0 Å². The second-order valence-corrected chi connectivity index (χ2v) is 5.29. The zero-order chi connectivity index (χ0) is 11.8. The highest BCUT2D eigenvalue weighted by Gasteiger charge is 2.34. The number of likely N-dealkylation sites (tertiary alicyclic amines) is 1. The van der Waals surface area contributed by atoms with Crippen molar-refractivity contribution in [3.05, 3.63) is 29.8 Å². The Morgan fingerprint density at radius 3 is 2.88 bits per heavy atom. The van der Waals surface area contributed by atoms with Gasteiger partial charge in [0.05, 0.1) is 6.61 Å². The van der Waals surface area contributed by atoms with E-state index in [1.165, 1.54) is 5.56 Å². The number of nitrogens with two attached hydrogens (primary N) is 1. The van der Waals surface area contributed by atoms with E-state index in [1.54, 1.807) is 0 Å². The van der Waals surface area contributed by atoms with Gasteiger partial charge in [-0.15, -0.1) is 0 Å². The fourth-order valence-corrected chi connectivity index (χ4v) is 2.99. The molecule has 1 aromatic rings. The third kappa shape index (κ3) is 1.94. The number of para-hydroxylation sites is 1. The van der Waals surface area contributed by atoms with E-state index in [2.05, 4.69) is 30.0 Å². The van der Waals surface area contributed by atoms with Crippen LogP contribution in [0.15, 0.2) is 24.3 Å². The molecule has 0 aliphatic carbocycles. The monoisotopic (exact) mass is 232 g/mol. The van der Waals surface area contributed by atoms with Crippen LogP contribution in [0.25, 0.3) is 0 Å². The summed E-state index contributed by atoms with van der Waals surface area (Å²) in [5.74, 6) is 1.65. The second kappa shape index (κ2) is 4.31. The molecule has 3 unspecified atom stereocenters. The van der Waals surface area contributed by atoms with Crippen molar-refractivity contribution in [3.63, 3.8) is 0 Å². The van der Waals surface area contributed by atoms with Gasteiger partial charge in [-0.05, 0) is 12.0 Å². The average molecular weight is 232 g/mol. The first-order chi connectivity index (χ1) is 8.25. The topological polar surface area (TPSA) is 38.5 Å². The molecule has 0 aromatic heterocycles. The van der Waals surface area contributed by atoms with E-state index < -0.39 is 0 Å². The number of benzene rings is 1. The average Bonchev–Trinajstić information content (AvgIpc) is 2.69. The van der Waals surface area contributed by atoms with Crippen LogP contribution < -0.4 is 10.5 Å². The maximum Gasteiger partial charge on any atom is 0.124 e. The number of rotatable bonds is 1. The lowest BCUT2D eigenvalue weighted by Crippen LogP contribution is -2.33. The van der Waals surface area contributed by atoms with Crippen molar-refractivity contribution >= 4 is 0 Å². The zero-order valence-electron chi connectivity index (χ0n) is 10.3. The summed E-state index contributed by atoms with van der Waals surface area (Å²) in [5.41, 5.74) is 7.46. The molecule has 1 saturated heterocycles. The van der Waals surface area contributed by atoms with Crippen LogP contribution >= 0.6 is 0 Å². The van der Waals surface area contributed by atoms with Gasteiger partial charge in [-0.2, -0.15) is 0 Å². The second-order valence-electron chi connectivity index (χ2n) is 5.29. The summed E-state index contributed by atoms with van der Waals surface area (Å²) in [5, 5.41) is 0. The minimum Gasteiger partial charge on any atom is -0.493 e. The molecule has 2 N–H and O–H groups in total. The van der Waals surface area contributed by atoms with Crippen LogP contribution in [0.5, 0.6) is 5.75 Å². The van der Waals surface area contributed by atoms with E-state index in [-0.39, 0.29) is 0 Å². The quantitative estimate of drug-likeness (QED) is 0.802. The number of nitrogens with zero attached hydrogens (tertiary/aromatic N) is 1. The van der Waals surface area contributed by atoms with Crippen molar-refractivity contribution in [2.24, 2.45) is 11.7 Å². The minimum atomic E-state index is 0.324. The molecule has 1 fully saturated rings. The lowest BCUT2D eigenvalue weighted by atomic mass is 9.99. The first-order valence-corrected chi connectivity index (χ1v) is 6.47. The number of fused-ring (bicyclic) bond motifs is 1. The van der Waals surface area contributed by atoms with Crippen molar-refractivity contribution in [2.75, 3.05) is 19.7 Å². The standard InChI is InChI=1S/C14H20N2O/c1-10-8-16(9-12(10)15)13-6-7-17-14-5-3-2-4-11(13)14/h2-5,10,12-13H,6-9,15H2,1H3. The summed E-state index contributed by atoms with van der Waals surface area (Å²) < 4.78 is 5.71. The van der Waals surface area contributed by atoms with E-state index in [0.717, 1.165) is 31.9 Å². The Labute approximate surface area is 103 Å². The van der Waals surface area contributed by atoms with Gasteiger partial charge in [0.25, 0.3) is 0 Å². The molecule has 0 saturated carbocycles. The van der Waals surface area contributed by atoms with E-state index in [4.69, 9.17) is 10.5 Å². The van der Waals surface area contributed by atoms with E-state index >= 15 is 0 Å². The number of hydrogen-bond donors (Lipinski definition) is 1. The molecule has 2 aliphatic rings. The van der Waals surface area contributed by atoms with Gasteiger partial charge in [-0.3, -0.25) is 4.90 Å². The molecule has 92 valence electrons. The molecule has 3 rings (SSSR count). The van der Waals surface area contributed by atoms with Crippen molar-refractivity contribution in [2.45, 2.75) is 25.4 Å². The van der Waals surface area contributed by atoms with Gasteiger partial charge in [0.1, 0.15) is 5.75 Å². The van der Waals surface area contributed by atoms with Crippen molar-refractivity contribution in [1.82, 2.24) is 4.90 Å². The predicted octanol–water partition coefficient (Wildman–Crippen LogP) is 1.79. The van der Waals surface area contributed by atoms with Crippen LogP contribution in [0, 0.1) is 5.92 Å². The number of ether oxygens (including phenoxy) is 1. The highest BCUT2D eigenvalue weighted by Crippen LogP contribution is 2.37. The Balaban J connectivity index is 1.86. The third-order valence-electron chi connectivity index (χ3n) is 4.07. The van der Waals surface area contributed by atoms with Gasteiger partial charge < -0.3 is 10.5 Å². The first-order valence-electron chi connectivity index (χ1n) is 6.47. The molecular formula is C14H20N2O. The Morgan fingerprint density at radius 2 is 2.12 bits per heavy atom. The Kier molecular flexibility index (Phi) is 2.81. The summed E-state index contributed by atoms with van der Waals surface area (Å²) >= 11 is 0. The van der Waals surface area contributed by atoms with E-state index in [1.807, 2.05) is 6.07 Å². The SMILES string of the molecule is CC1CN(C2CCOc3ccccc32)CC1N. The minimum absolute atomic E-state index is 0.324. The largest absolute Gasteiger partial charge is 0.493 e. The molecule has 0 amide bonds. The summed E-state index contributed by atoms with van der Waals surface area (Å²) in [7, 11) is 0. The van der Waals surface area contributed by atoms with Crippen LogP contribution in [-0.2, 0) is 0 Å². The molecule has 0 spiro atoms. The van der Waals surface area contributed by atoms with Gasteiger partial charge >= 0.3 is 0 Å². The van der Waals surface area contributed by atoms with Crippen molar-refractivity contribution in [1.29, 1.82) is 0 Å². The third-order valence-corrected chi connectivity index (χ3v) is 4.07. The fraction of sp³-hybridized carbons (Fsp3) is 0.571. The highest BCUT2D eigenvalue weighted by molar-refractivity contribution is 5.37. The molecule has 1 aromatic carbocycles. The molecule has 17 heavy (non-hydrogen) atoms. The maximum absolute atomic E-state index is 6.12. The molecule has 0 bridgehead atoms. The normalized spacial score (nSPS) is 33.2. The molecular weight excluding hydrogens is 212 g/mol. The predicted molar refractivity (Wildman–Crippen MR) is 68.0 cm³/mol. The maximum atomic E-state index is 6.12. The zero-order valence-corrected chi connectivity index (χ0v) is 10.3. The van der Waals surface area contributed by atoms with Crippen molar-refractivity contribution < 1.29 is 4.74 Å². The summed E-state index contributed by atoms with van der Waals surface area (Å²) in [6.07, 6.45) is 1.08. The molecule has 2 aliphatic heterocycles. The molecule has 3 heteroatoms. The van der Waals surface area contributed by atoms with Gasteiger partial charge in [0, 0.05) is 37.2 Å². The summed E-state index contributed by atoms with van der Waals surface area (Å²) in [6.45, 7) is 5.19. The van der Waals surface area contributed by atoms with Gasteiger partial charge in [-0.1, -0.05) is 25.1 Å². The van der Waals surface area contributed by atoms with Crippen LogP contribution in [0.4, 0.5) is 0 Å². The molecule has 0 radical (unpaired) electrons. The van der Waals surface area contributed by atoms with Gasteiger partial charge in [-0.25, -0.2) is 0 Å². The molecule has 3 atom stereocenters. The molecule has 3 nitrogen and oxygen atoms in total. The van der Waals surface area contributed by atoms with E-state index in [9.17, 15) is 0 Å². The van der Waals surface area contributed by atoms with Gasteiger partial charge in [0.15, 0.2) is 0 Å². The Hall–Kier alpha value is -1.06. The molecule has 2 heterocycles. The van der Waals surface area contributed by atoms with Crippen LogP contribution in [-0.4, -0.2) is 30.6 Å². The smallest absolute Gasteiger partial charge is 0.124 e. The lowest BCUT2D eigenvalue weighted by molar-refractivity contribution is 0.161. The highest BCUT2D eigenvalue weighted by atomic mass is 16.5. The first kappa shape index (κ1) is 11.1.